The highest BCUT2D eigenvalue weighted by Gasteiger charge is 2.27. The van der Waals surface area contributed by atoms with Gasteiger partial charge in [0.1, 0.15) is 0 Å². The van der Waals surface area contributed by atoms with Crippen LogP contribution in [0.3, 0.4) is 0 Å². The molecule has 0 heterocycles. The van der Waals surface area contributed by atoms with E-state index in [2.05, 4.69) is 10.0 Å². The topological polar surface area (TPSA) is 101 Å². The van der Waals surface area contributed by atoms with Crippen molar-refractivity contribution in [1.29, 1.82) is 0 Å². The SMILES string of the molecule is CNCCNS(=O)(=O)c1c(C)cccc1[N+](=O)[O-].Cl. The van der Waals surface area contributed by atoms with Crippen LogP contribution in [0.25, 0.3) is 0 Å². The molecule has 0 unspecified atom stereocenters. The Labute approximate surface area is 118 Å². The molecule has 0 atom stereocenters. The summed E-state index contributed by atoms with van der Waals surface area (Å²) in [4.78, 5) is 9.88. The Bertz CT molecular complexity index is 548. The largest absolute Gasteiger partial charge is 0.318 e. The second-order valence-corrected chi connectivity index (χ2v) is 5.39. The minimum Gasteiger partial charge on any atom is -0.318 e. The molecule has 0 saturated carbocycles. The maximum atomic E-state index is 12.0. The Morgan fingerprint density at radius 2 is 1.95 bits per heavy atom. The van der Waals surface area contributed by atoms with E-state index < -0.39 is 20.6 Å². The van der Waals surface area contributed by atoms with E-state index >= 15 is 0 Å². The van der Waals surface area contributed by atoms with Crippen LogP contribution in [0.2, 0.25) is 0 Å². The molecule has 7 nitrogen and oxygen atoms in total. The maximum Gasteiger partial charge on any atom is 0.289 e. The first-order valence-corrected chi connectivity index (χ1v) is 6.76. The molecule has 2 N–H and O–H groups in total. The van der Waals surface area contributed by atoms with Crippen molar-refractivity contribution in [3.05, 3.63) is 33.9 Å². The van der Waals surface area contributed by atoms with Gasteiger partial charge in [0.15, 0.2) is 4.90 Å². The number of likely N-dealkylation sites (N-methyl/N-ethyl adjacent to an activating group) is 1. The first-order chi connectivity index (χ1) is 8.40. The minimum absolute atomic E-state index is 0. The highest BCUT2D eigenvalue weighted by molar-refractivity contribution is 7.89. The van der Waals surface area contributed by atoms with Crippen LogP contribution in [-0.4, -0.2) is 33.5 Å². The molecule has 0 spiro atoms. The number of hydrogen-bond donors (Lipinski definition) is 2. The Balaban J connectivity index is 0.00000324. The van der Waals surface area contributed by atoms with E-state index in [0.29, 0.717) is 12.1 Å². The van der Waals surface area contributed by atoms with Crippen LogP contribution in [0.15, 0.2) is 23.1 Å². The molecule has 1 aromatic carbocycles. The molecule has 0 radical (unpaired) electrons. The van der Waals surface area contributed by atoms with Crippen LogP contribution in [-0.2, 0) is 10.0 Å². The summed E-state index contributed by atoms with van der Waals surface area (Å²) in [5.41, 5.74) is -0.0619. The highest BCUT2D eigenvalue weighted by atomic mass is 35.5. The molecular weight excluding hydrogens is 294 g/mol. The first-order valence-electron chi connectivity index (χ1n) is 5.28. The average Bonchev–Trinajstić information content (AvgIpc) is 2.28. The molecule has 0 aliphatic carbocycles. The van der Waals surface area contributed by atoms with Gasteiger partial charge in [-0.3, -0.25) is 10.1 Å². The first kappa shape index (κ1) is 17.8. The van der Waals surface area contributed by atoms with Crippen molar-refractivity contribution in [2.75, 3.05) is 20.1 Å². The zero-order valence-corrected chi connectivity index (χ0v) is 12.2. The van der Waals surface area contributed by atoms with Crippen molar-refractivity contribution in [2.24, 2.45) is 0 Å². The Hall–Kier alpha value is -1.22. The third-order valence-electron chi connectivity index (χ3n) is 2.32. The van der Waals surface area contributed by atoms with Crippen molar-refractivity contribution in [3.8, 4) is 0 Å². The van der Waals surface area contributed by atoms with Crippen molar-refractivity contribution < 1.29 is 13.3 Å². The monoisotopic (exact) mass is 309 g/mol. The van der Waals surface area contributed by atoms with Gasteiger partial charge < -0.3 is 5.32 Å². The Morgan fingerprint density at radius 1 is 1.32 bits per heavy atom. The molecule has 19 heavy (non-hydrogen) atoms. The number of rotatable bonds is 6. The van der Waals surface area contributed by atoms with Gasteiger partial charge in [0.05, 0.1) is 4.92 Å². The standard InChI is InChI=1S/C10H15N3O4S.ClH/c1-8-4-3-5-9(13(14)15)10(8)18(16,17)12-7-6-11-2;/h3-5,11-12H,6-7H2,1-2H3;1H. The van der Waals surface area contributed by atoms with E-state index in [1.807, 2.05) is 0 Å². The molecule has 1 aromatic rings. The molecule has 0 amide bonds. The van der Waals surface area contributed by atoms with Gasteiger partial charge in [-0.1, -0.05) is 12.1 Å². The molecule has 0 bridgehead atoms. The fourth-order valence-corrected chi connectivity index (χ4v) is 2.94. The van der Waals surface area contributed by atoms with E-state index in [-0.39, 0.29) is 23.8 Å². The van der Waals surface area contributed by atoms with Crippen LogP contribution < -0.4 is 10.0 Å². The number of aryl methyl sites for hydroxylation is 1. The van der Waals surface area contributed by atoms with Gasteiger partial charge in [0.2, 0.25) is 10.0 Å². The van der Waals surface area contributed by atoms with Gasteiger partial charge in [-0.25, -0.2) is 13.1 Å². The van der Waals surface area contributed by atoms with Gasteiger partial charge in [0.25, 0.3) is 5.69 Å². The molecule has 0 aliphatic rings. The lowest BCUT2D eigenvalue weighted by atomic mass is 10.2. The summed E-state index contributed by atoms with van der Waals surface area (Å²) >= 11 is 0. The molecule has 1 rings (SSSR count). The lowest BCUT2D eigenvalue weighted by molar-refractivity contribution is -0.387. The molecule has 0 saturated heterocycles. The van der Waals surface area contributed by atoms with Crippen molar-refractivity contribution in [1.82, 2.24) is 10.0 Å². The zero-order chi connectivity index (χ0) is 13.8. The number of sulfonamides is 1. The predicted molar refractivity (Wildman–Crippen MR) is 74.2 cm³/mol. The summed E-state index contributed by atoms with van der Waals surface area (Å²) in [6.07, 6.45) is 0. The summed E-state index contributed by atoms with van der Waals surface area (Å²) < 4.78 is 26.3. The molecular formula is C10H16ClN3O4S. The van der Waals surface area contributed by atoms with E-state index in [1.165, 1.54) is 25.1 Å². The van der Waals surface area contributed by atoms with Crippen LogP contribution in [0, 0.1) is 17.0 Å². The molecule has 0 fully saturated rings. The third-order valence-corrected chi connectivity index (χ3v) is 3.98. The number of hydrogen-bond acceptors (Lipinski definition) is 5. The highest BCUT2D eigenvalue weighted by Crippen LogP contribution is 2.26. The summed E-state index contributed by atoms with van der Waals surface area (Å²) in [5, 5.41) is 13.6. The van der Waals surface area contributed by atoms with E-state index in [4.69, 9.17) is 0 Å². The summed E-state index contributed by atoms with van der Waals surface area (Å²) in [6, 6.07) is 4.17. The number of nitro benzene ring substituents is 1. The number of nitro groups is 1. The fraction of sp³-hybridized carbons (Fsp3) is 0.400. The lowest BCUT2D eigenvalue weighted by Crippen LogP contribution is -2.31. The number of nitrogens with one attached hydrogen (secondary N) is 2. The normalized spacial score (nSPS) is 10.8. The van der Waals surface area contributed by atoms with Gasteiger partial charge in [0, 0.05) is 19.2 Å². The zero-order valence-electron chi connectivity index (χ0n) is 10.5. The Kier molecular flexibility index (Phi) is 6.91. The van der Waals surface area contributed by atoms with Crippen molar-refractivity contribution in [2.45, 2.75) is 11.8 Å². The van der Waals surface area contributed by atoms with Crippen molar-refractivity contribution in [3.63, 3.8) is 0 Å². The second kappa shape index (κ2) is 7.39. The Morgan fingerprint density at radius 3 is 2.47 bits per heavy atom. The fourth-order valence-electron chi connectivity index (χ4n) is 1.51. The molecule has 0 aromatic heterocycles. The second-order valence-electron chi connectivity index (χ2n) is 3.68. The van der Waals surface area contributed by atoms with Crippen LogP contribution in [0.5, 0.6) is 0 Å². The van der Waals surface area contributed by atoms with Gasteiger partial charge in [-0.2, -0.15) is 0 Å². The maximum absolute atomic E-state index is 12.0. The van der Waals surface area contributed by atoms with E-state index in [1.54, 1.807) is 7.05 Å². The number of halogens is 1. The quantitative estimate of drug-likeness (QED) is 0.460. The third kappa shape index (κ3) is 4.43. The summed E-state index contributed by atoms with van der Waals surface area (Å²) in [7, 11) is -2.19. The van der Waals surface area contributed by atoms with Gasteiger partial charge in [-0.15, -0.1) is 12.4 Å². The van der Waals surface area contributed by atoms with Gasteiger partial charge >= 0.3 is 0 Å². The van der Waals surface area contributed by atoms with Gasteiger partial charge in [-0.05, 0) is 19.5 Å². The average molecular weight is 310 g/mol. The molecule has 0 aliphatic heterocycles. The molecule has 9 heteroatoms. The minimum atomic E-state index is -3.87. The lowest BCUT2D eigenvalue weighted by Gasteiger charge is -2.09. The van der Waals surface area contributed by atoms with Crippen LogP contribution in [0.1, 0.15) is 5.56 Å². The summed E-state index contributed by atoms with van der Waals surface area (Å²) in [5.74, 6) is 0. The predicted octanol–water partition coefficient (Wildman–Crippen LogP) is 0.823. The van der Waals surface area contributed by atoms with Crippen LogP contribution in [0.4, 0.5) is 5.69 Å². The van der Waals surface area contributed by atoms with Crippen LogP contribution >= 0.6 is 12.4 Å². The number of benzene rings is 1. The molecule has 108 valence electrons. The van der Waals surface area contributed by atoms with E-state index in [9.17, 15) is 18.5 Å². The smallest absolute Gasteiger partial charge is 0.289 e. The van der Waals surface area contributed by atoms with Crippen molar-refractivity contribution >= 4 is 28.1 Å². The number of nitrogens with zero attached hydrogens (tertiary/aromatic N) is 1. The van der Waals surface area contributed by atoms with E-state index in [0.717, 1.165) is 0 Å². The summed E-state index contributed by atoms with van der Waals surface area (Å²) in [6.45, 7) is 2.14.